The summed E-state index contributed by atoms with van der Waals surface area (Å²) in [6.07, 6.45) is -0.841. The first kappa shape index (κ1) is 22.4. The third kappa shape index (κ3) is 3.81. The van der Waals surface area contributed by atoms with Crippen molar-refractivity contribution in [1.29, 1.82) is 0 Å². The van der Waals surface area contributed by atoms with Gasteiger partial charge in [-0.15, -0.1) is 5.10 Å². The molecule has 1 atom stereocenters. The highest BCUT2D eigenvalue weighted by Gasteiger charge is 2.47. The summed E-state index contributed by atoms with van der Waals surface area (Å²) in [6, 6.07) is 6.04. The third-order valence-electron chi connectivity index (χ3n) is 6.03. The van der Waals surface area contributed by atoms with Gasteiger partial charge in [0.25, 0.3) is 12.3 Å². The minimum Gasteiger partial charge on any atom is -0.479 e. The van der Waals surface area contributed by atoms with Crippen molar-refractivity contribution in [1.82, 2.24) is 29.0 Å². The number of hydrogen-bond donors (Lipinski definition) is 1. The van der Waals surface area contributed by atoms with Crippen molar-refractivity contribution in [3.8, 4) is 17.0 Å². The van der Waals surface area contributed by atoms with E-state index >= 15 is 0 Å². The Hall–Kier alpha value is -3.41. The molecule has 0 radical (unpaired) electrons. The second-order valence-electron chi connectivity index (χ2n) is 8.49. The van der Waals surface area contributed by atoms with Crippen LogP contribution in [0.15, 0.2) is 30.5 Å². The minimum atomic E-state index is -2.92. The second kappa shape index (κ2) is 8.12. The Bertz CT molecular complexity index is 1370. The lowest BCUT2D eigenvalue weighted by molar-refractivity contribution is 0.00582. The van der Waals surface area contributed by atoms with E-state index in [1.165, 1.54) is 21.1 Å². The number of halogens is 4. The first-order valence-corrected chi connectivity index (χ1v) is 10.7. The van der Waals surface area contributed by atoms with Crippen LogP contribution in [0.25, 0.3) is 27.7 Å². The van der Waals surface area contributed by atoms with Crippen LogP contribution in [-0.2, 0) is 6.54 Å². The predicted molar refractivity (Wildman–Crippen MR) is 119 cm³/mol. The fourth-order valence-electron chi connectivity index (χ4n) is 4.49. The number of nitrogens with zero attached hydrogens (tertiary/aromatic N) is 6. The number of nitrogens with one attached hydrogen (secondary N) is 1. The summed E-state index contributed by atoms with van der Waals surface area (Å²) in [5.74, 6) is -2.20. The Labute approximate surface area is 192 Å². The number of rotatable bonds is 6. The topological polar surface area (TPSA) is 72.5 Å². The number of aryl methyl sites for hydroxylation is 1. The fourth-order valence-corrected chi connectivity index (χ4v) is 4.49. The molecule has 5 rings (SSSR count). The van der Waals surface area contributed by atoms with Crippen molar-refractivity contribution in [3.05, 3.63) is 36.3 Å². The monoisotopic (exact) mass is 477 g/mol. The summed E-state index contributed by atoms with van der Waals surface area (Å²) >= 11 is 0. The molecule has 8 nitrogen and oxygen atoms in total. The van der Waals surface area contributed by atoms with Gasteiger partial charge in [0.15, 0.2) is 0 Å². The summed E-state index contributed by atoms with van der Waals surface area (Å²) in [5, 5.41) is 7.09. The molecule has 1 N–H and O–H groups in total. The van der Waals surface area contributed by atoms with E-state index in [1.54, 1.807) is 38.4 Å². The molecular formula is C22H23F4N7O. The van der Waals surface area contributed by atoms with Gasteiger partial charge in [0.1, 0.15) is 17.4 Å². The molecule has 0 aliphatic carbocycles. The van der Waals surface area contributed by atoms with Gasteiger partial charge in [0.05, 0.1) is 31.2 Å². The molecule has 180 valence electrons. The number of likely N-dealkylation sites (N-methyl/N-ethyl adjacent to an activating group) is 1. The smallest absolute Gasteiger partial charge is 0.281 e. The van der Waals surface area contributed by atoms with Gasteiger partial charge in [-0.3, -0.25) is 4.90 Å². The number of methoxy groups -OCH3 is 1. The van der Waals surface area contributed by atoms with Crippen LogP contribution in [0.1, 0.15) is 5.82 Å². The molecule has 0 amide bonds. The van der Waals surface area contributed by atoms with Gasteiger partial charge in [-0.05, 0) is 37.7 Å². The van der Waals surface area contributed by atoms with E-state index in [-0.39, 0.29) is 24.9 Å². The lowest BCUT2D eigenvalue weighted by atomic mass is 10.1. The molecule has 34 heavy (non-hydrogen) atoms. The van der Waals surface area contributed by atoms with E-state index in [2.05, 4.69) is 20.4 Å². The molecule has 0 unspecified atom stereocenters. The number of fused-ring (bicyclic) bond motifs is 2. The Balaban J connectivity index is 1.56. The largest absolute Gasteiger partial charge is 0.479 e. The number of ether oxygens (including phenoxy) is 1. The summed E-state index contributed by atoms with van der Waals surface area (Å²) in [6.45, 7) is 1.04. The van der Waals surface area contributed by atoms with Crippen molar-refractivity contribution in [2.75, 3.05) is 32.6 Å². The van der Waals surface area contributed by atoms with Crippen LogP contribution in [0.2, 0.25) is 0 Å². The van der Waals surface area contributed by atoms with Gasteiger partial charge in [-0.2, -0.15) is 4.98 Å². The molecule has 0 bridgehead atoms. The number of likely N-dealkylation sites (tertiary alicyclic amines) is 1. The normalized spacial score (nSPS) is 18.4. The van der Waals surface area contributed by atoms with E-state index in [1.807, 2.05) is 6.07 Å². The predicted octanol–water partition coefficient (Wildman–Crippen LogP) is 3.69. The Kier molecular flexibility index (Phi) is 5.34. The van der Waals surface area contributed by atoms with E-state index in [9.17, 15) is 17.6 Å². The fraction of sp³-hybridized carbons (Fsp3) is 0.409. The van der Waals surface area contributed by atoms with Crippen LogP contribution >= 0.6 is 0 Å². The average Bonchev–Trinajstić information content (AvgIpc) is 3.40. The van der Waals surface area contributed by atoms with Gasteiger partial charge in [0, 0.05) is 18.3 Å². The highest BCUT2D eigenvalue weighted by molar-refractivity contribution is 5.89. The summed E-state index contributed by atoms with van der Waals surface area (Å²) in [5.41, 5.74) is 3.16. The van der Waals surface area contributed by atoms with Crippen molar-refractivity contribution in [2.45, 2.75) is 31.9 Å². The molecule has 1 aliphatic rings. The molecule has 1 aliphatic heterocycles. The van der Waals surface area contributed by atoms with Gasteiger partial charge in [-0.1, -0.05) is 6.07 Å². The van der Waals surface area contributed by atoms with Crippen LogP contribution in [0.4, 0.5) is 23.5 Å². The van der Waals surface area contributed by atoms with Crippen LogP contribution in [0.5, 0.6) is 5.88 Å². The maximum Gasteiger partial charge on any atom is 0.281 e. The van der Waals surface area contributed by atoms with Crippen molar-refractivity contribution in [3.63, 3.8) is 0 Å². The number of benzene rings is 1. The van der Waals surface area contributed by atoms with E-state index in [0.29, 0.717) is 27.9 Å². The van der Waals surface area contributed by atoms with E-state index in [0.717, 1.165) is 5.56 Å². The number of anilines is 1. The highest BCUT2D eigenvalue weighted by Crippen LogP contribution is 2.34. The molecule has 0 spiro atoms. The molecule has 1 fully saturated rings. The van der Waals surface area contributed by atoms with Gasteiger partial charge < -0.3 is 14.6 Å². The lowest BCUT2D eigenvalue weighted by Crippen LogP contribution is -2.38. The maximum absolute atomic E-state index is 14.3. The van der Waals surface area contributed by atoms with E-state index in [4.69, 9.17) is 4.74 Å². The first-order valence-electron chi connectivity index (χ1n) is 10.7. The number of imidazole rings is 1. The zero-order valence-corrected chi connectivity index (χ0v) is 18.8. The summed E-state index contributed by atoms with van der Waals surface area (Å²) in [7, 11) is 3.06. The summed E-state index contributed by atoms with van der Waals surface area (Å²) < 4.78 is 63.2. The molecule has 1 aromatic carbocycles. The third-order valence-corrected chi connectivity index (χ3v) is 6.03. The van der Waals surface area contributed by atoms with Crippen LogP contribution in [0, 0.1) is 6.92 Å². The zero-order valence-electron chi connectivity index (χ0n) is 18.8. The molecule has 4 aromatic rings. The Morgan fingerprint density at radius 2 is 2.03 bits per heavy atom. The SMILES string of the molecule is COc1nc(N[C@H]2CN(C)CC2(F)F)nn2ccc(-c3ccc4nc(C)n(CC(F)F)c4c3)c12. The van der Waals surface area contributed by atoms with Crippen LogP contribution in [-0.4, -0.2) is 74.7 Å². The van der Waals surface area contributed by atoms with Crippen LogP contribution < -0.4 is 10.1 Å². The molecular weight excluding hydrogens is 454 g/mol. The van der Waals surface area contributed by atoms with Crippen molar-refractivity contribution in [2.24, 2.45) is 0 Å². The molecule has 3 aromatic heterocycles. The Morgan fingerprint density at radius 1 is 1.24 bits per heavy atom. The van der Waals surface area contributed by atoms with Crippen molar-refractivity contribution >= 4 is 22.5 Å². The average molecular weight is 477 g/mol. The molecule has 4 heterocycles. The maximum atomic E-state index is 14.3. The van der Waals surface area contributed by atoms with Crippen LogP contribution in [0.3, 0.4) is 0 Å². The van der Waals surface area contributed by atoms with Gasteiger partial charge in [-0.25, -0.2) is 27.1 Å². The molecule has 12 heteroatoms. The van der Waals surface area contributed by atoms with Gasteiger partial charge in [0.2, 0.25) is 11.8 Å². The number of alkyl halides is 4. The number of aromatic nitrogens is 5. The highest BCUT2D eigenvalue weighted by atomic mass is 19.3. The van der Waals surface area contributed by atoms with Gasteiger partial charge >= 0.3 is 0 Å². The quantitative estimate of drug-likeness (QED) is 0.427. The molecule has 0 saturated carbocycles. The standard InChI is InChI=1S/C22H23F4N7O/c1-12-27-15-5-4-13(8-16(15)32(12)10-18(23)24)14-6-7-33-19(14)20(34-3)29-21(30-33)28-17-9-31(2)11-22(17,25)26/h4-8,17-18H,9-11H2,1-3H3,(H,28,30)/t17-/m0/s1. The second-order valence-corrected chi connectivity index (χ2v) is 8.49. The zero-order chi connectivity index (χ0) is 24.2. The first-order chi connectivity index (χ1) is 16.2. The van der Waals surface area contributed by atoms with Crippen molar-refractivity contribution < 1.29 is 22.3 Å². The minimum absolute atomic E-state index is 0.0209. The Morgan fingerprint density at radius 3 is 2.71 bits per heavy atom. The lowest BCUT2D eigenvalue weighted by Gasteiger charge is -2.19. The number of hydrogen-bond acceptors (Lipinski definition) is 6. The van der Waals surface area contributed by atoms with E-state index < -0.39 is 24.9 Å². The molecule has 1 saturated heterocycles. The summed E-state index contributed by atoms with van der Waals surface area (Å²) in [4.78, 5) is 10.2.